The maximum Gasteiger partial charge on any atom is 0.137 e. The molecule has 0 saturated heterocycles. The maximum atomic E-state index is 4.63. The van der Waals surface area contributed by atoms with Gasteiger partial charge in [0.25, 0.3) is 0 Å². The molecule has 0 N–H and O–H groups in total. The summed E-state index contributed by atoms with van der Waals surface area (Å²) < 4.78 is 2.05. The molecule has 0 bridgehead atoms. The fourth-order valence-electron chi connectivity index (χ4n) is 1.86. The highest BCUT2D eigenvalue weighted by Gasteiger charge is 2.03. The number of hydrogen-bond acceptors (Lipinski definition) is 1. The molecule has 0 aliphatic rings. The third-order valence-electron chi connectivity index (χ3n) is 2.75. The molecule has 17 heavy (non-hydrogen) atoms. The average molecular weight is 287 g/mol. The molecule has 0 atom stereocenters. The van der Waals surface area contributed by atoms with Crippen molar-refractivity contribution in [2.45, 2.75) is 5.33 Å². The zero-order valence-corrected chi connectivity index (χ0v) is 10.8. The van der Waals surface area contributed by atoms with Gasteiger partial charge in [-0.15, -0.1) is 0 Å². The van der Waals surface area contributed by atoms with Gasteiger partial charge < -0.3 is 4.40 Å². The quantitative estimate of drug-likeness (QED) is 0.653. The minimum absolute atomic E-state index is 0.858. The molecule has 84 valence electrons. The zero-order chi connectivity index (χ0) is 11.7. The van der Waals surface area contributed by atoms with Crippen molar-refractivity contribution in [2.75, 3.05) is 0 Å². The molecular formula is C14H11BrN2. The number of benzene rings is 1. The van der Waals surface area contributed by atoms with Gasteiger partial charge in [-0.05, 0) is 17.7 Å². The van der Waals surface area contributed by atoms with Gasteiger partial charge in [0.2, 0.25) is 0 Å². The first-order valence-electron chi connectivity index (χ1n) is 5.46. The molecule has 2 aromatic heterocycles. The van der Waals surface area contributed by atoms with Gasteiger partial charge in [0.05, 0.1) is 5.69 Å². The number of pyridine rings is 1. The van der Waals surface area contributed by atoms with Crippen LogP contribution in [-0.2, 0) is 5.33 Å². The Kier molecular flexibility index (Phi) is 2.69. The topological polar surface area (TPSA) is 17.3 Å². The number of alkyl halides is 1. The molecule has 3 heteroatoms. The van der Waals surface area contributed by atoms with Crippen LogP contribution < -0.4 is 0 Å². The molecule has 3 rings (SSSR count). The van der Waals surface area contributed by atoms with Crippen LogP contribution in [-0.4, -0.2) is 9.38 Å². The predicted molar refractivity (Wildman–Crippen MR) is 73.3 cm³/mol. The van der Waals surface area contributed by atoms with E-state index in [1.165, 1.54) is 5.56 Å². The number of nitrogens with zero attached hydrogens (tertiary/aromatic N) is 2. The number of fused-ring (bicyclic) bond motifs is 1. The minimum atomic E-state index is 0.858. The summed E-state index contributed by atoms with van der Waals surface area (Å²) in [5.41, 5.74) is 4.39. The first-order chi connectivity index (χ1) is 8.36. The second-order valence-corrected chi connectivity index (χ2v) is 4.49. The molecule has 0 fully saturated rings. The molecule has 2 nitrogen and oxygen atoms in total. The lowest BCUT2D eigenvalue weighted by Gasteiger charge is -1.95. The summed E-state index contributed by atoms with van der Waals surface area (Å²) in [6.45, 7) is 0. The Morgan fingerprint density at radius 2 is 1.94 bits per heavy atom. The Balaban J connectivity index is 2.14. The van der Waals surface area contributed by atoms with Gasteiger partial charge in [0.15, 0.2) is 0 Å². The van der Waals surface area contributed by atoms with Gasteiger partial charge in [-0.1, -0.05) is 46.3 Å². The lowest BCUT2D eigenvalue weighted by Crippen LogP contribution is -1.84. The van der Waals surface area contributed by atoms with Crippen LogP contribution in [0, 0.1) is 0 Å². The molecule has 3 aromatic rings. The Labute approximate surface area is 108 Å². The maximum absolute atomic E-state index is 4.63. The first kappa shape index (κ1) is 10.5. The lowest BCUT2D eigenvalue weighted by molar-refractivity contribution is 1.17. The summed E-state index contributed by atoms with van der Waals surface area (Å²) in [5.74, 6) is 0. The Morgan fingerprint density at radius 3 is 2.71 bits per heavy atom. The molecule has 0 saturated carbocycles. The number of halogens is 1. The molecule has 0 aliphatic heterocycles. The smallest absolute Gasteiger partial charge is 0.137 e. The van der Waals surface area contributed by atoms with Crippen LogP contribution in [0.15, 0.2) is 54.9 Å². The van der Waals surface area contributed by atoms with E-state index < -0.39 is 0 Å². The van der Waals surface area contributed by atoms with Crippen molar-refractivity contribution in [1.29, 1.82) is 0 Å². The molecule has 0 amide bonds. The number of rotatable bonds is 2. The fraction of sp³-hybridized carbons (Fsp3) is 0.0714. The van der Waals surface area contributed by atoms with E-state index in [2.05, 4.69) is 55.8 Å². The van der Waals surface area contributed by atoms with Gasteiger partial charge in [-0.3, -0.25) is 0 Å². The number of hydrogen-bond donors (Lipinski definition) is 0. The van der Waals surface area contributed by atoms with Crippen LogP contribution in [0.3, 0.4) is 0 Å². The van der Waals surface area contributed by atoms with E-state index in [-0.39, 0.29) is 0 Å². The van der Waals surface area contributed by atoms with E-state index in [0.29, 0.717) is 0 Å². The van der Waals surface area contributed by atoms with E-state index in [1.807, 2.05) is 24.4 Å². The summed E-state index contributed by atoms with van der Waals surface area (Å²) >= 11 is 3.46. The summed E-state index contributed by atoms with van der Waals surface area (Å²) in [7, 11) is 0. The molecule has 0 aliphatic carbocycles. The van der Waals surface area contributed by atoms with Crippen molar-refractivity contribution in [3.05, 3.63) is 60.4 Å². The Bertz CT molecular complexity index is 644. The van der Waals surface area contributed by atoms with Crippen LogP contribution in [0.25, 0.3) is 16.9 Å². The summed E-state index contributed by atoms with van der Waals surface area (Å²) in [4.78, 5) is 4.63. The Morgan fingerprint density at radius 1 is 1.12 bits per heavy atom. The second kappa shape index (κ2) is 4.34. The molecular weight excluding hydrogens is 276 g/mol. The summed E-state index contributed by atoms with van der Waals surface area (Å²) in [6, 6.07) is 14.4. The molecule has 2 heterocycles. The van der Waals surface area contributed by atoms with Gasteiger partial charge in [0, 0.05) is 23.3 Å². The van der Waals surface area contributed by atoms with E-state index in [4.69, 9.17) is 0 Å². The van der Waals surface area contributed by atoms with Gasteiger partial charge in [-0.2, -0.15) is 0 Å². The molecule has 0 unspecified atom stereocenters. The first-order valence-corrected chi connectivity index (χ1v) is 6.58. The van der Waals surface area contributed by atoms with E-state index in [0.717, 1.165) is 22.2 Å². The van der Waals surface area contributed by atoms with Crippen LogP contribution in [0.4, 0.5) is 0 Å². The average Bonchev–Trinajstić information content (AvgIpc) is 2.82. The van der Waals surface area contributed by atoms with E-state index >= 15 is 0 Å². The van der Waals surface area contributed by atoms with Crippen molar-refractivity contribution in [3.8, 4) is 11.3 Å². The van der Waals surface area contributed by atoms with E-state index in [9.17, 15) is 0 Å². The third-order valence-corrected chi connectivity index (χ3v) is 3.40. The highest BCUT2D eigenvalue weighted by Crippen LogP contribution is 2.19. The van der Waals surface area contributed by atoms with Gasteiger partial charge >= 0.3 is 0 Å². The normalized spacial score (nSPS) is 10.9. The van der Waals surface area contributed by atoms with Gasteiger partial charge in [-0.25, -0.2) is 4.98 Å². The van der Waals surface area contributed by atoms with Crippen molar-refractivity contribution >= 4 is 21.6 Å². The standard InChI is InChI=1S/C14H11BrN2/c15-9-11-6-7-17-10-13(16-14(17)8-11)12-4-2-1-3-5-12/h1-8,10H,9H2. The van der Waals surface area contributed by atoms with Crippen LogP contribution in [0.2, 0.25) is 0 Å². The predicted octanol–water partition coefficient (Wildman–Crippen LogP) is 3.90. The van der Waals surface area contributed by atoms with Crippen molar-refractivity contribution in [3.63, 3.8) is 0 Å². The summed E-state index contributed by atoms with van der Waals surface area (Å²) in [5, 5.41) is 0.858. The van der Waals surface area contributed by atoms with Crippen LogP contribution in [0.5, 0.6) is 0 Å². The summed E-state index contributed by atoms with van der Waals surface area (Å²) in [6.07, 6.45) is 4.11. The van der Waals surface area contributed by atoms with Crippen molar-refractivity contribution in [2.24, 2.45) is 0 Å². The van der Waals surface area contributed by atoms with Crippen molar-refractivity contribution < 1.29 is 0 Å². The monoisotopic (exact) mass is 286 g/mol. The molecule has 0 spiro atoms. The fourth-order valence-corrected chi connectivity index (χ4v) is 2.20. The van der Waals surface area contributed by atoms with Crippen molar-refractivity contribution in [1.82, 2.24) is 9.38 Å². The Hall–Kier alpha value is -1.61. The largest absolute Gasteiger partial charge is 0.306 e. The molecule has 0 radical (unpaired) electrons. The third kappa shape index (κ3) is 1.98. The van der Waals surface area contributed by atoms with E-state index in [1.54, 1.807) is 0 Å². The minimum Gasteiger partial charge on any atom is -0.306 e. The van der Waals surface area contributed by atoms with Gasteiger partial charge in [0.1, 0.15) is 5.65 Å². The number of aromatic nitrogens is 2. The second-order valence-electron chi connectivity index (χ2n) is 3.93. The molecule has 1 aromatic carbocycles. The lowest BCUT2D eigenvalue weighted by atomic mass is 10.2. The SMILES string of the molecule is BrCc1ccn2cc(-c3ccccc3)nc2c1. The zero-order valence-electron chi connectivity index (χ0n) is 9.18. The van der Waals surface area contributed by atoms with Crippen LogP contribution in [0.1, 0.15) is 5.56 Å². The van der Waals surface area contributed by atoms with Crippen LogP contribution >= 0.6 is 15.9 Å². The highest BCUT2D eigenvalue weighted by molar-refractivity contribution is 9.08. The number of imidazole rings is 1. The highest BCUT2D eigenvalue weighted by atomic mass is 79.9.